The molecule has 0 heterocycles. The Hall–Kier alpha value is -2.89. The van der Waals surface area contributed by atoms with E-state index >= 15 is 0 Å². The van der Waals surface area contributed by atoms with Crippen molar-refractivity contribution in [1.29, 1.82) is 0 Å². The second-order valence-corrected chi connectivity index (χ2v) is 4.49. The van der Waals surface area contributed by atoms with Gasteiger partial charge in [-0.25, -0.2) is 4.79 Å². The first-order chi connectivity index (χ1) is 9.99. The molecule has 0 aromatic heterocycles. The first-order valence-electron chi connectivity index (χ1n) is 6.29. The van der Waals surface area contributed by atoms with E-state index < -0.39 is 17.0 Å². The van der Waals surface area contributed by atoms with Crippen LogP contribution in [0.2, 0.25) is 0 Å². The van der Waals surface area contributed by atoms with Crippen LogP contribution in [0.5, 0.6) is 0 Å². The fourth-order valence-corrected chi connectivity index (χ4v) is 1.87. The molecule has 2 rings (SSSR count). The Morgan fingerprint density at radius 3 is 2.48 bits per heavy atom. The molecule has 2 aromatic carbocycles. The van der Waals surface area contributed by atoms with Crippen LogP contribution in [0, 0.1) is 10.1 Å². The van der Waals surface area contributed by atoms with Gasteiger partial charge in [-0.2, -0.15) is 0 Å². The lowest BCUT2D eigenvalue weighted by Gasteiger charge is -2.14. The second kappa shape index (κ2) is 6.04. The Morgan fingerprint density at radius 2 is 1.90 bits per heavy atom. The summed E-state index contributed by atoms with van der Waals surface area (Å²) in [6, 6.07) is 12.9. The predicted octanol–water partition coefficient (Wildman–Crippen LogP) is 3.10. The minimum Gasteiger partial charge on any atom is -0.454 e. The molecule has 1 unspecified atom stereocenters. The molecule has 21 heavy (non-hydrogen) atoms. The zero-order valence-electron chi connectivity index (χ0n) is 11.4. The average molecular weight is 286 g/mol. The Labute approximate surface area is 121 Å². The van der Waals surface area contributed by atoms with Crippen LogP contribution in [0.15, 0.2) is 48.5 Å². The van der Waals surface area contributed by atoms with Crippen molar-refractivity contribution in [1.82, 2.24) is 0 Å². The summed E-state index contributed by atoms with van der Waals surface area (Å²) in [6.45, 7) is 1.74. The summed E-state index contributed by atoms with van der Waals surface area (Å²) in [7, 11) is 0. The molecule has 0 radical (unpaired) electrons. The van der Waals surface area contributed by atoms with Gasteiger partial charge >= 0.3 is 5.97 Å². The number of carbonyl (C=O) groups is 1. The molecule has 0 bridgehead atoms. The smallest absolute Gasteiger partial charge is 0.340 e. The second-order valence-electron chi connectivity index (χ2n) is 4.49. The van der Waals surface area contributed by atoms with Crippen LogP contribution in [0.1, 0.15) is 28.9 Å². The molecule has 0 amide bonds. The molecule has 6 nitrogen and oxygen atoms in total. The van der Waals surface area contributed by atoms with Gasteiger partial charge in [0.25, 0.3) is 5.69 Å². The Balaban J connectivity index is 2.15. The summed E-state index contributed by atoms with van der Waals surface area (Å²) in [5.74, 6) is -0.612. The first-order valence-corrected chi connectivity index (χ1v) is 6.29. The number of nitrogens with zero attached hydrogens (tertiary/aromatic N) is 1. The van der Waals surface area contributed by atoms with Crippen molar-refractivity contribution in [2.24, 2.45) is 0 Å². The fraction of sp³-hybridized carbons (Fsp3) is 0.133. The third-order valence-corrected chi connectivity index (χ3v) is 3.02. The molecule has 0 aliphatic heterocycles. The zero-order chi connectivity index (χ0) is 15.4. The van der Waals surface area contributed by atoms with Gasteiger partial charge in [0.1, 0.15) is 6.10 Å². The molecule has 0 aliphatic rings. The van der Waals surface area contributed by atoms with Gasteiger partial charge in [0, 0.05) is 12.1 Å². The van der Waals surface area contributed by atoms with Crippen LogP contribution < -0.4 is 5.73 Å². The summed E-state index contributed by atoms with van der Waals surface area (Å²) in [6.07, 6.45) is -0.437. The minimum absolute atomic E-state index is 0.0226. The summed E-state index contributed by atoms with van der Waals surface area (Å²) in [4.78, 5) is 22.1. The van der Waals surface area contributed by atoms with Crippen LogP contribution in [0.3, 0.4) is 0 Å². The highest BCUT2D eigenvalue weighted by atomic mass is 16.6. The van der Waals surface area contributed by atoms with Gasteiger partial charge in [-0.05, 0) is 18.6 Å². The molecule has 0 saturated carbocycles. The SMILES string of the molecule is CC(OC(=O)c1ccc([N+](=O)[O-])cc1N)c1ccccc1. The largest absolute Gasteiger partial charge is 0.454 e. The van der Waals surface area contributed by atoms with Crippen molar-refractivity contribution in [3.63, 3.8) is 0 Å². The summed E-state index contributed by atoms with van der Waals surface area (Å²) < 4.78 is 5.31. The van der Waals surface area contributed by atoms with Crippen LogP contribution in [0.25, 0.3) is 0 Å². The van der Waals surface area contributed by atoms with E-state index in [9.17, 15) is 14.9 Å². The molecule has 2 aromatic rings. The lowest BCUT2D eigenvalue weighted by atomic mass is 10.1. The van der Waals surface area contributed by atoms with Gasteiger partial charge in [-0.1, -0.05) is 30.3 Å². The van der Waals surface area contributed by atoms with Gasteiger partial charge in [0.05, 0.1) is 16.2 Å². The van der Waals surface area contributed by atoms with Crippen molar-refractivity contribution < 1.29 is 14.5 Å². The van der Waals surface area contributed by atoms with Gasteiger partial charge < -0.3 is 10.5 Å². The molecule has 0 saturated heterocycles. The number of benzene rings is 2. The molecule has 0 fully saturated rings. The third-order valence-electron chi connectivity index (χ3n) is 3.02. The molecular weight excluding hydrogens is 272 g/mol. The number of esters is 1. The molecule has 0 aliphatic carbocycles. The maximum absolute atomic E-state index is 12.1. The van der Waals surface area contributed by atoms with Crippen LogP contribution in [-0.4, -0.2) is 10.9 Å². The Bertz CT molecular complexity index is 671. The van der Waals surface area contributed by atoms with E-state index in [0.717, 1.165) is 11.6 Å². The lowest BCUT2D eigenvalue weighted by Crippen LogP contribution is -2.11. The highest BCUT2D eigenvalue weighted by molar-refractivity contribution is 5.95. The number of carbonyl (C=O) groups excluding carboxylic acids is 1. The molecule has 1 atom stereocenters. The summed E-state index contributed by atoms with van der Waals surface area (Å²) in [5.41, 5.74) is 6.49. The van der Waals surface area contributed by atoms with Crippen molar-refractivity contribution >= 4 is 17.3 Å². The number of rotatable bonds is 4. The zero-order valence-corrected chi connectivity index (χ0v) is 11.4. The minimum atomic E-state index is -0.612. The van der Waals surface area contributed by atoms with E-state index in [4.69, 9.17) is 10.5 Å². The number of hydrogen-bond donors (Lipinski definition) is 1. The highest BCUT2D eigenvalue weighted by Gasteiger charge is 2.18. The monoisotopic (exact) mass is 286 g/mol. The number of nitrogens with two attached hydrogens (primary N) is 1. The number of nitro groups is 1. The van der Waals surface area contributed by atoms with Gasteiger partial charge in [-0.15, -0.1) is 0 Å². The summed E-state index contributed by atoms with van der Waals surface area (Å²) >= 11 is 0. The van der Waals surface area contributed by atoms with Crippen molar-refractivity contribution in [2.45, 2.75) is 13.0 Å². The third kappa shape index (κ3) is 3.36. The van der Waals surface area contributed by atoms with E-state index in [-0.39, 0.29) is 16.9 Å². The molecule has 108 valence electrons. The normalized spacial score (nSPS) is 11.7. The van der Waals surface area contributed by atoms with Gasteiger partial charge in [0.15, 0.2) is 0 Å². The van der Waals surface area contributed by atoms with E-state index in [2.05, 4.69) is 0 Å². The van der Waals surface area contributed by atoms with Crippen molar-refractivity contribution in [3.8, 4) is 0 Å². The molecule has 6 heteroatoms. The number of anilines is 1. The van der Waals surface area contributed by atoms with Gasteiger partial charge in [0.2, 0.25) is 0 Å². The Morgan fingerprint density at radius 1 is 1.24 bits per heavy atom. The number of non-ortho nitro benzene ring substituents is 1. The average Bonchev–Trinajstić information content (AvgIpc) is 2.47. The van der Waals surface area contributed by atoms with Crippen LogP contribution >= 0.6 is 0 Å². The Kier molecular flexibility index (Phi) is 4.18. The standard InChI is InChI=1S/C15H14N2O4/c1-10(11-5-3-2-4-6-11)21-15(18)13-8-7-12(17(19)20)9-14(13)16/h2-10H,16H2,1H3. The quantitative estimate of drug-likeness (QED) is 0.403. The van der Waals surface area contributed by atoms with Crippen molar-refractivity contribution in [2.75, 3.05) is 5.73 Å². The number of nitro benzene ring substituents is 1. The van der Waals surface area contributed by atoms with E-state index in [1.807, 2.05) is 30.3 Å². The molecular formula is C15H14N2O4. The first kappa shape index (κ1) is 14.5. The number of nitrogen functional groups attached to an aromatic ring is 1. The van der Waals surface area contributed by atoms with E-state index in [0.29, 0.717) is 0 Å². The summed E-state index contributed by atoms with van der Waals surface area (Å²) in [5, 5.41) is 10.6. The van der Waals surface area contributed by atoms with Crippen LogP contribution in [-0.2, 0) is 4.74 Å². The lowest BCUT2D eigenvalue weighted by molar-refractivity contribution is -0.384. The maximum Gasteiger partial charge on any atom is 0.340 e. The topological polar surface area (TPSA) is 95.5 Å². The number of hydrogen-bond acceptors (Lipinski definition) is 5. The highest BCUT2D eigenvalue weighted by Crippen LogP contribution is 2.23. The van der Waals surface area contributed by atoms with E-state index in [1.165, 1.54) is 12.1 Å². The van der Waals surface area contributed by atoms with Gasteiger partial charge in [-0.3, -0.25) is 10.1 Å². The number of ether oxygens (including phenoxy) is 1. The van der Waals surface area contributed by atoms with Crippen LogP contribution in [0.4, 0.5) is 11.4 Å². The molecule has 0 spiro atoms. The predicted molar refractivity (Wildman–Crippen MR) is 77.8 cm³/mol. The van der Waals surface area contributed by atoms with E-state index in [1.54, 1.807) is 6.92 Å². The molecule has 2 N–H and O–H groups in total. The van der Waals surface area contributed by atoms with Crippen molar-refractivity contribution in [3.05, 3.63) is 69.8 Å². The fourth-order valence-electron chi connectivity index (χ4n) is 1.87. The maximum atomic E-state index is 12.1.